The van der Waals surface area contributed by atoms with Gasteiger partial charge in [-0.2, -0.15) is 0 Å². The molecule has 2 aliphatic rings. The summed E-state index contributed by atoms with van der Waals surface area (Å²) in [6, 6.07) is 1.67. The molecule has 160 valence electrons. The van der Waals surface area contributed by atoms with Crippen molar-refractivity contribution >= 4 is 32.2 Å². The number of fused-ring (bicyclic) bond motifs is 1. The average Bonchev–Trinajstić information content (AvgIpc) is 3.49. The Kier molecular flexibility index (Phi) is 5.52. The normalized spacial score (nSPS) is 23.3. The van der Waals surface area contributed by atoms with Crippen molar-refractivity contribution in [3.05, 3.63) is 39.6 Å². The zero-order valence-corrected chi connectivity index (χ0v) is 18.2. The van der Waals surface area contributed by atoms with Crippen LogP contribution in [-0.2, 0) is 20.1 Å². The lowest BCUT2D eigenvalue weighted by Gasteiger charge is -2.35. The monoisotopic (exact) mass is 451 g/mol. The van der Waals surface area contributed by atoms with Crippen LogP contribution < -0.4 is 4.74 Å². The van der Waals surface area contributed by atoms with Gasteiger partial charge in [-0.05, 0) is 42.3 Å². The third-order valence-corrected chi connectivity index (χ3v) is 8.68. The first-order valence-electron chi connectivity index (χ1n) is 9.68. The molecule has 2 fully saturated rings. The number of hydrogen-bond acceptors (Lipinski definition) is 7. The molecule has 2 aromatic rings. The predicted molar refractivity (Wildman–Crippen MR) is 112 cm³/mol. The summed E-state index contributed by atoms with van der Waals surface area (Å²) in [6.45, 7) is 1.90. The van der Waals surface area contributed by atoms with Crippen molar-refractivity contribution in [3.8, 4) is 5.88 Å². The van der Waals surface area contributed by atoms with Gasteiger partial charge in [0.05, 0.1) is 28.0 Å². The van der Waals surface area contributed by atoms with E-state index < -0.39 is 15.4 Å². The molecule has 0 N–H and O–H groups in total. The van der Waals surface area contributed by atoms with E-state index in [1.807, 2.05) is 0 Å². The number of hydrogen-bond donors (Lipinski definition) is 0. The molecule has 1 unspecified atom stereocenters. The van der Waals surface area contributed by atoms with Gasteiger partial charge in [0.2, 0.25) is 5.88 Å². The van der Waals surface area contributed by atoms with E-state index in [1.54, 1.807) is 25.4 Å². The van der Waals surface area contributed by atoms with E-state index >= 15 is 0 Å². The fraction of sp³-hybridized carbons (Fsp3) is 0.579. The Balaban J connectivity index is 1.64. The molecule has 11 heteroatoms. The number of ether oxygens (including phenoxy) is 2. The molecular weight excluding hydrogens is 430 g/mol. The van der Waals surface area contributed by atoms with Crippen LogP contribution in [0, 0.1) is 0 Å². The Labute approximate surface area is 179 Å². The quantitative estimate of drug-likeness (QED) is 0.259. The number of azide groups is 1. The van der Waals surface area contributed by atoms with Crippen molar-refractivity contribution in [3.63, 3.8) is 0 Å². The van der Waals surface area contributed by atoms with Gasteiger partial charge in [-0.15, -0.1) is 0 Å². The van der Waals surface area contributed by atoms with Crippen LogP contribution in [0.25, 0.3) is 21.2 Å². The van der Waals surface area contributed by atoms with Gasteiger partial charge in [-0.3, -0.25) is 0 Å². The third kappa shape index (κ3) is 3.80. The minimum Gasteiger partial charge on any atom is -0.474 e. The maximum atomic E-state index is 12.4. The van der Waals surface area contributed by atoms with Crippen LogP contribution in [0.15, 0.2) is 23.6 Å². The molecular formula is C19H22ClN5O4S. The summed E-state index contributed by atoms with van der Waals surface area (Å²) in [6.07, 6.45) is 5.40. The van der Waals surface area contributed by atoms with Gasteiger partial charge in [-0.1, -0.05) is 16.7 Å². The number of rotatable bonds is 8. The molecule has 0 saturated heterocycles. The van der Waals surface area contributed by atoms with E-state index in [9.17, 15) is 8.42 Å². The van der Waals surface area contributed by atoms with E-state index in [2.05, 4.69) is 20.0 Å². The van der Waals surface area contributed by atoms with Gasteiger partial charge in [0.1, 0.15) is 11.3 Å². The zero-order chi connectivity index (χ0) is 21.5. The first-order chi connectivity index (χ1) is 14.3. The molecule has 9 nitrogen and oxygen atoms in total. The van der Waals surface area contributed by atoms with Crippen molar-refractivity contribution in [2.75, 3.05) is 13.7 Å². The summed E-state index contributed by atoms with van der Waals surface area (Å²) < 4.78 is 36.0. The Hall–Kier alpha value is -2.13. The lowest BCUT2D eigenvalue weighted by Crippen LogP contribution is -2.44. The fourth-order valence-corrected chi connectivity index (χ4v) is 6.32. The van der Waals surface area contributed by atoms with Crippen molar-refractivity contribution in [1.29, 1.82) is 0 Å². The van der Waals surface area contributed by atoms with Gasteiger partial charge in [0, 0.05) is 37.3 Å². The fourth-order valence-electron chi connectivity index (χ4n) is 3.86. The summed E-state index contributed by atoms with van der Waals surface area (Å²) in [5.74, 6) is 0.353. The van der Waals surface area contributed by atoms with Crippen LogP contribution in [-0.4, -0.2) is 48.7 Å². The largest absolute Gasteiger partial charge is 0.474 e. The Bertz CT molecular complexity index is 1130. The Morgan fingerprint density at radius 3 is 2.63 bits per heavy atom. The van der Waals surface area contributed by atoms with E-state index in [1.165, 1.54) is 7.11 Å². The van der Waals surface area contributed by atoms with Crippen molar-refractivity contribution in [2.24, 2.45) is 5.11 Å². The highest BCUT2D eigenvalue weighted by Crippen LogP contribution is 2.41. The molecule has 0 bridgehead atoms. The number of halogens is 1. The Morgan fingerprint density at radius 1 is 1.27 bits per heavy atom. The minimum atomic E-state index is -3.03. The highest BCUT2D eigenvalue weighted by atomic mass is 35.5. The van der Waals surface area contributed by atoms with Gasteiger partial charge >= 0.3 is 0 Å². The molecule has 0 aliphatic heterocycles. The predicted octanol–water partition coefficient (Wildman–Crippen LogP) is 3.94. The molecule has 0 spiro atoms. The molecule has 2 heterocycles. The minimum absolute atomic E-state index is 0.150. The summed E-state index contributed by atoms with van der Waals surface area (Å²) in [5, 5.41) is 5.01. The number of aromatic nitrogens is 2. The summed E-state index contributed by atoms with van der Waals surface area (Å²) in [4.78, 5) is 11.5. The standard InChI is InChI=1S/C19H22ClN5O4S/c1-19(10-28-2,24-25-21)16-9-23-18(15-8-22-17(20)7-14(15)16)29-11-5-13(6-11)30(26,27)12-3-4-12/h7-9,11-13H,3-6,10H2,1-2H3. The number of pyridine rings is 2. The van der Waals surface area contributed by atoms with Crippen LogP contribution in [0.1, 0.15) is 38.2 Å². The molecule has 2 aromatic heterocycles. The van der Waals surface area contributed by atoms with Crippen LogP contribution in [0.4, 0.5) is 0 Å². The second kappa shape index (κ2) is 7.85. The molecule has 2 saturated carbocycles. The molecule has 30 heavy (non-hydrogen) atoms. The molecule has 0 amide bonds. The molecule has 0 aromatic carbocycles. The van der Waals surface area contributed by atoms with Gasteiger partial charge in [0.25, 0.3) is 0 Å². The van der Waals surface area contributed by atoms with Crippen LogP contribution in [0.2, 0.25) is 5.15 Å². The Morgan fingerprint density at radius 2 is 2.00 bits per heavy atom. The molecule has 1 atom stereocenters. The van der Waals surface area contributed by atoms with Gasteiger partial charge in [0.15, 0.2) is 9.84 Å². The maximum Gasteiger partial charge on any atom is 0.223 e. The first-order valence-corrected chi connectivity index (χ1v) is 11.7. The zero-order valence-electron chi connectivity index (χ0n) is 16.7. The summed E-state index contributed by atoms with van der Waals surface area (Å²) >= 11 is 6.12. The van der Waals surface area contributed by atoms with E-state index in [4.69, 9.17) is 26.6 Å². The molecule has 4 rings (SSSR count). The van der Waals surface area contributed by atoms with Gasteiger partial charge in [-0.25, -0.2) is 18.4 Å². The SMILES string of the molecule is COCC(C)(N=[N+]=[N-])c1cnc(OC2CC(S(=O)(=O)C3CC3)C2)c2cnc(Cl)cc12. The molecule has 2 aliphatic carbocycles. The second-order valence-corrected chi connectivity index (χ2v) is 10.9. The van der Waals surface area contributed by atoms with E-state index in [0.717, 1.165) is 12.8 Å². The summed E-state index contributed by atoms with van der Waals surface area (Å²) in [7, 11) is -1.51. The smallest absolute Gasteiger partial charge is 0.223 e. The second-order valence-electron chi connectivity index (χ2n) is 8.05. The van der Waals surface area contributed by atoms with Crippen molar-refractivity contribution < 1.29 is 17.9 Å². The highest BCUT2D eigenvalue weighted by molar-refractivity contribution is 7.93. The number of nitrogens with zero attached hydrogens (tertiary/aromatic N) is 5. The number of sulfone groups is 1. The van der Waals surface area contributed by atoms with E-state index in [-0.39, 0.29) is 28.4 Å². The van der Waals surface area contributed by atoms with Crippen LogP contribution >= 0.6 is 11.6 Å². The lowest BCUT2D eigenvalue weighted by molar-refractivity contribution is 0.119. The van der Waals surface area contributed by atoms with Crippen molar-refractivity contribution in [2.45, 2.75) is 54.7 Å². The van der Waals surface area contributed by atoms with Crippen LogP contribution in [0.3, 0.4) is 0 Å². The van der Waals surface area contributed by atoms with Gasteiger partial charge < -0.3 is 9.47 Å². The van der Waals surface area contributed by atoms with Crippen molar-refractivity contribution in [1.82, 2.24) is 9.97 Å². The summed E-state index contributed by atoms with van der Waals surface area (Å²) in [5.41, 5.74) is 8.67. The lowest BCUT2D eigenvalue weighted by atomic mass is 9.91. The number of methoxy groups -OCH3 is 1. The van der Waals surface area contributed by atoms with E-state index in [0.29, 0.717) is 35.1 Å². The highest BCUT2D eigenvalue weighted by Gasteiger charge is 2.47. The van der Waals surface area contributed by atoms with Crippen LogP contribution in [0.5, 0.6) is 5.88 Å². The molecule has 0 radical (unpaired) electrons. The first kappa shape index (κ1) is 21.1. The topological polar surface area (TPSA) is 127 Å². The third-order valence-electron chi connectivity index (χ3n) is 5.76. The average molecular weight is 452 g/mol. The maximum absolute atomic E-state index is 12.4.